The lowest BCUT2D eigenvalue weighted by atomic mass is 10.1. The highest BCUT2D eigenvalue weighted by molar-refractivity contribution is 9.10. The van der Waals surface area contributed by atoms with Gasteiger partial charge in [-0.3, -0.25) is 4.79 Å². The van der Waals surface area contributed by atoms with Crippen LogP contribution in [0.2, 0.25) is 0 Å². The quantitative estimate of drug-likeness (QED) is 0.373. The van der Waals surface area contributed by atoms with E-state index in [9.17, 15) is 13.2 Å². The van der Waals surface area contributed by atoms with E-state index in [0.717, 1.165) is 19.3 Å². The molecule has 0 radical (unpaired) electrons. The molecule has 0 saturated carbocycles. The summed E-state index contributed by atoms with van der Waals surface area (Å²) in [6.45, 7) is 1.44. The summed E-state index contributed by atoms with van der Waals surface area (Å²) in [5.41, 5.74) is 2.13. The van der Waals surface area contributed by atoms with Crippen molar-refractivity contribution in [2.75, 3.05) is 25.1 Å². The molecule has 1 unspecified atom stereocenters. The highest BCUT2D eigenvalue weighted by Gasteiger charge is 2.20. The zero-order chi connectivity index (χ0) is 24.7. The standard InChI is InChI=1S/C26H27BrN2O5S/c27-24-17-20(8-13-25(24)34-16-14-19-5-2-1-3-6-19)26(30)29-21-9-11-23(12-10-21)35(31,32)28-18-22-7-4-15-33-22/h1-3,5-6,8-13,17,22,28H,4,7,14-16,18H2,(H,29,30). The molecule has 3 aromatic carbocycles. The van der Waals surface area contributed by atoms with Gasteiger partial charge in [0.2, 0.25) is 10.0 Å². The van der Waals surface area contributed by atoms with Crippen LogP contribution in [0.15, 0.2) is 82.2 Å². The molecule has 1 fully saturated rings. The molecule has 1 saturated heterocycles. The summed E-state index contributed by atoms with van der Waals surface area (Å²) in [6.07, 6.45) is 2.50. The molecule has 0 bridgehead atoms. The van der Waals surface area contributed by atoms with Crippen LogP contribution >= 0.6 is 15.9 Å². The van der Waals surface area contributed by atoms with Crippen LogP contribution in [0.5, 0.6) is 5.75 Å². The molecule has 0 aliphatic carbocycles. The monoisotopic (exact) mass is 558 g/mol. The van der Waals surface area contributed by atoms with Crippen LogP contribution in [0, 0.1) is 0 Å². The summed E-state index contributed by atoms with van der Waals surface area (Å²) >= 11 is 3.47. The fourth-order valence-electron chi connectivity index (χ4n) is 3.69. The van der Waals surface area contributed by atoms with Crippen molar-refractivity contribution in [2.24, 2.45) is 0 Å². The van der Waals surface area contributed by atoms with Gasteiger partial charge in [0, 0.05) is 30.8 Å². The second-order valence-corrected chi connectivity index (χ2v) is 10.8. The SMILES string of the molecule is O=C(Nc1ccc(S(=O)(=O)NCC2CCCO2)cc1)c1ccc(OCCc2ccccc2)c(Br)c1. The number of hydrogen-bond acceptors (Lipinski definition) is 5. The Morgan fingerprint density at radius 2 is 1.83 bits per heavy atom. The Hall–Kier alpha value is -2.72. The lowest BCUT2D eigenvalue weighted by Gasteiger charge is -2.12. The van der Waals surface area contributed by atoms with Gasteiger partial charge in [-0.15, -0.1) is 0 Å². The van der Waals surface area contributed by atoms with Gasteiger partial charge in [0.25, 0.3) is 5.91 Å². The van der Waals surface area contributed by atoms with Gasteiger partial charge < -0.3 is 14.8 Å². The van der Waals surface area contributed by atoms with Crippen LogP contribution in [-0.4, -0.2) is 40.2 Å². The molecule has 1 amide bonds. The maximum Gasteiger partial charge on any atom is 0.255 e. The minimum Gasteiger partial charge on any atom is -0.492 e. The first kappa shape index (κ1) is 25.4. The number of rotatable bonds is 10. The van der Waals surface area contributed by atoms with E-state index in [1.807, 2.05) is 18.2 Å². The minimum atomic E-state index is -3.64. The molecule has 1 heterocycles. The summed E-state index contributed by atoms with van der Waals surface area (Å²) in [5, 5.41) is 2.79. The number of ether oxygens (including phenoxy) is 2. The average Bonchev–Trinajstić information content (AvgIpc) is 3.39. The summed E-state index contributed by atoms with van der Waals surface area (Å²) < 4.78 is 39.6. The predicted molar refractivity (Wildman–Crippen MR) is 138 cm³/mol. The van der Waals surface area contributed by atoms with E-state index >= 15 is 0 Å². The number of amides is 1. The summed E-state index contributed by atoms with van der Waals surface area (Å²) in [4.78, 5) is 12.8. The van der Waals surface area contributed by atoms with Crippen LogP contribution < -0.4 is 14.8 Å². The Morgan fingerprint density at radius 3 is 2.51 bits per heavy atom. The lowest BCUT2D eigenvalue weighted by Crippen LogP contribution is -2.31. The average molecular weight is 559 g/mol. The molecule has 35 heavy (non-hydrogen) atoms. The Labute approximate surface area is 214 Å². The zero-order valence-corrected chi connectivity index (χ0v) is 21.5. The lowest BCUT2D eigenvalue weighted by molar-refractivity contribution is 0.102. The van der Waals surface area contributed by atoms with E-state index in [4.69, 9.17) is 9.47 Å². The molecule has 7 nitrogen and oxygen atoms in total. The predicted octanol–water partition coefficient (Wildman–Crippen LogP) is 4.78. The molecule has 9 heteroatoms. The highest BCUT2D eigenvalue weighted by Crippen LogP contribution is 2.27. The van der Waals surface area contributed by atoms with Gasteiger partial charge in [0.05, 0.1) is 22.1 Å². The van der Waals surface area contributed by atoms with E-state index in [2.05, 4.69) is 38.1 Å². The van der Waals surface area contributed by atoms with E-state index in [1.165, 1.54) is 17.7 Å². The van der Waals surface area contributed by atoms with Crippen LogP contribution in [-0.2, 0) is 21.2 Å². The Bertz CT molecular complexity index is 1240. The first-order chi connectivity index (χ1) is 16.9. The first-order valence-electron chi connectivity index (χ1n) is 11.4. The van der Waals surface area contributed by atoms with Crippen LogP contribution in [0.1, 0.15) is 28.8 Å². The molecular weight excluding hydrogens is 532 g/mol. The van der Waals surface area contributed by atoms with Gasteiger partial charge in [-0.2, -0.15) is 0 Å². The van der Waals surface area contributed by atoms with Crippen molar-refractivity contribution in [1.82, 2.24) is 4.72 Å². The minimum absolute atomic E-state index is 0.0803. The maximum absolute atomic E-state index is 12.7. The summed E-state index contributed by atoms with van der Waals surface area (Å²) in [6, 6.07) is 21.3. The molecule has 1 atom stereocenters. The largest absolute Gasteiger partial charge is 0.492 e. The topological polar surface area (TPSA) is 93.7 Å². The van der Waals surface area contributed by atoms with Crippen molar-refractivity contribution in [3.05, 3.63) is 88.4 Å². The fourth-order valence-corrected chi connectivity index (χ4v) is 5.25. The van der Waals surface area contributed by atoms with E-state index in [0.29, 0.717) is 34.7 Å². The summed E-state index contributed by atoms with van der Waals surface area (Å²) in [7, 11) is -3.64. The number of hydrogen-bond donors (Lipinski definition) is 2. The van der Waals surface area contributed by atoms with E-state index < -0.39 is 10.0 Å². The van der Waals surface area contributed by atoms with Crippen LogP contribution in [0.25, 0.3) is 0 Å². The van der Waals surface area contributed by atoms with Gasteiger partial charge >= 0.3 is 0 Å². The Morgan fingerprint density at radius 1 is 1.06 bits per heavy atom. The van der Waals surface area contributed by atoms with Crippen molar-refractivity contribution in [3.63, 3.8) is 0 Å². The van der Waals surface area contributed by atoms with Gasteiger partial charge in [0.1, 0.15) is 5.75 Å². The number of halogens is 1. The van der Waals surface area contributed by atoms with Crippen molar-refractivity contribution in [2.45, 2.75) is 30.3 Å². The number of anilines is 1. The number of carbonyl (C=O) groups is 1. The molecule has 0 spiro atoms. The second-order valence-electron chi connectivity index (χ2n) is 8.19. The number of sulfonamides is 1. The Balaban J connectivity index is 1.31. The first-order valence-corrected chi connectivity index (χ1v) is 13.7. The molecule has 0 aromatic heterocycles. The number of benzene rings is 3. The number of nitrogens with one attached hydrogen (secondary N) is 2. The van der Waals surface area contributed by atoms with E-state index in [-0.39, 0.29) is 23.5 Å². The molecular formula is C26H27BrN2O5S. The molecule has 2 N–H and O–H groups in total. The molecule has 1 aliphatic heterocycles. The third-order valence-electron chi connectivity index (χ3n) is 5.63. The van der Waals surface area contributed by atoms with E-state index in [1.54, 1.807) is 30.3 Å². The van der Waals surface area contributed by atoms with Crippen LogP contribution in [0.3, 0.4) is 0 Å². The third-order valence-corrected chi connectivity index (χ3v) is 7.69. The van der Waals surface area contributed by atoms with Crippen molar-refractivity contribution in [1.29, 1.82) is 0 Å². The van der Waals surface area contributed by atoms with Crippen molar-refractivity contribution >= 4 is 37.5 Å². The molecule has 184 valence electrons. The zero-order valence-electron chi connectivity index (χ0n) is 19.1. The number of carbonyl (C=O) groups excluding carboxylic acids is 1. The normalized spacial score (nSPS) is 15.6. The molecule has 1 aliphatic rings. The van der Waals surface area contributed by atoms with Gasteiger partial charge in [0.15, 0.2) is 0 Å². The van der Waals surface area contributed by atoms with Crippen molar-refractivity contribution in [3.8, 4) is 5.75 Å². The summed E-state index contributed by atoms with van der Waals surface area (Å²) in [5.74, 6) is 0.344. The molecule has 3 aromatic rings. The fraction of sp³-hybridized carbons (Fsp3) is 0.269. The van der Waals surface area contributed by atoms with Gasteiger partial charge in [-0.25, -0.2) is 13.1 Å². The smallest absolute Gasteiger partial charge is 0.255 e. The maximum atomic E-state index is 12.7. The van der Waals surface area contributed by atoms with Gasteiger partial charge in [-0.1, -0.05) is 30.3 Å². The van der Waals surface area contributed by atoms with Crippen molar-refractivity contribution < 1.29 is 22.7 Å². The second kappa shape index (κ2) is 11.8. The van der Waals surface area contributed by atoms with Gasteiger partial charge in [-0.05, 0) is 76.8 Å². The van der Waals surface area contributed by atoms with Crippen LogP contribution in [0.4, 0.5) is 5.69 Å². The third kappa shape index (κ3) is 7.14. The molecule has 4 rings (SSSR count). The Kier molecular flexibility index (Phi) is 8.56. The highest BCUT2D eigenvalue weighted by atomic mass is 79.9.